The van der Waals surface area contributed by atoms with Crippen LogP contribution in [0.5, 0.6) is 0 Å². The van der Waals surface area contributed by atoms with Crippen LogP contribution >= 0.6 is 0 Å². The van der Waals surface area contributed by atoms with E-state index in [1.165, 1.54) is 5.01 Å². The Kier molecular flexibility index (Phi) is 4.70. The van der Waals surface area contributed by atoms with E-state index < -0.39 is 5.97 Å². The Morgan fingerprint density at radius 2 is 1.79 bits per heavy atom. The zero-order chi connectivity index (χ0) is 16.9. The maximum absolute atomic E-state index is 12.2. The molecule has 0 bridgehead atoms. The first-order valence-corrected chi connectivity index (χ1v) is 7.80. The van der Waals surface area contributed by atoms with Gasteiger partial charge < -0.3 is 4.74 Å². The van der Waals surface area contributed by atoms with Gasteiger partial charge in [-0.2, -0.15) is 5.10 Å². The van der Waals surface area contributed by atoms with Crippen molar-refractivity contribution in [3.05, 3.63) is 71.3 Å². The summed E-state index contributed by atoms with van der Waals surface area (Å²) in [6.45, 7) is 2.14. The molecule has 0 fully saturated rings. The number of benzene rings is 2. The van der Waals surface area contributed by atoms with E-state index in [1.54, 1.807) is 12.1 Å². The smallest absolute Gasteiger partial charge is 0.338 e. The molecule has 1 aliphatic heterocycles. The van der Waals surface area contributed by atoms with Gasteiger partial charge in [-0.1, -0.05) is 48.0 Å². The summed E-state index contributed by atoms with van der Waals surface area (Å²) < 4.78 is 5.08. The zero-order valence-corrected chi connectivity index (χ0v) is 13.4. The first kappa shape index (κ1) is 15.9. The lowest BCUT2D eigenvalue weighted by atomic mass is 10.1. The molecule has 0 spiro atoms. The van der Waals surface area contributed by atoms with Crippen LogP contribution in [-0.4, -0.2) is 35.7 Å². The van der Waals surface area contributed by atoms with Gasteiger partial charge in [0.1, 0.15) is 0 Å². The standard InChI is InChI=1S/C19H18N2O3/c1-14-7-9-16(10-8-14)19(23)24-13-18(22)21-12-11-17(20-21)15-5-3-2-4-6-15/h2-10H,11-13H2,1H3. The number of carbonyl (C=O) groups is 2. The molecule has 0 atom stereocenters. The molecule has 3 rings (SSSR count). The van der Waals surface area contributed by atoms with Crippen LogP contribution in [0.4, 0.5) is 0 Å². The zero-order valence-electron chi connectivity index (χ0n) is 13.4. The molecule has 5 nitrogen and oxygen atoms in total. The number of amides is 1. The molecule has 2 aromatic rings. The van der Waals surface area contributed by atoms with E-state index in [9.17, 15) is 9.59 Å². The van der Waals surface area contributed by atoms with Crippen molar-refractivity contribution in [2.24, 2.45) is 5.10 Å². The summed E-state index contributed by atoms with van der Waals surface area (Å²) in [6, 6.07) is 16.8. The molecule has 0 saturated carbocycles. The van der Waals surface area contributed by atoms with Crippen LogP contribution in [0, 0.1) is 6.92 Å². The quantitative estimate of drug-likeness (QED) is 0.813. The molecule has 0 radical (unpaired) electrons. The van der Waals surface area contributed by atoms with E-state index in [0.717, 1.165) is 16.8 Å². The lowest BCUT2D eigenvalue weighted by Gasteiger charge is -2.11. The molecule has 122 valence electrons. The number of hydrazone groups is 1. The lowest BCUT2D eigenvalue weighted by molar-refractivity contribution is -0.134. The molecule has 0 N–H and O–H groups in total. The predicted molar refractivity (Wildman–Crippen MR) is 90.8 cm³/mol. The van der Waals surface area contributed by atoms with Gasteiger partial charge in [-0.25, -0.2) is 9.80 Å². The summed E-state index contributed by atoms with van der Waals surface area (Å²) in [6.07, 6.45) is 0.696. The van der Waals surface area contributed by atoms with Crippen molar-refractivity contribution < 1.29 is 14.3 Å². The van der Waals surface area contributed by atoms with Gasteiger partial charge in [-0.15, -0.1) is 0 Å². The Bertz CT molecular complexity index is 767. The SMILES string of the molecule is Cc1ccc(C(=O)OCC(=O)N2CCC(c3ccccc3)=N2)cc1. The monoisotopic (exact) mass is 322 g/mol. The molecular formula is C19H18N2O3. The Labute approximate surface area is 140 Å². The summed E-state index contributed by atoms with van der Waals surface area (Å²) >= 11 is 0. The molecule has 2 aromatic carbocycles. The Balaban J connectivity index is 1.57. The number of aryl methyl sites for hydroxylation is 1. The molecule has 0 unspecified atom stereocenters. The van der Waals surface area contributed by atoms with Gasteiger partial charge in [0.2, 0.25) is 0 Å². The van der Waals surface area contributed by atoms with Crippen molar-refractivity contribution in [1.82, 2.24) is 5.01 Å². The first-order valence-electron chi connectivity index (χ1n) is 7.80. The van der Waals surface area contributed by atoms with Crippen LogP contribution in [0.25, 0.3) is 0 Å². The third-order valence-corrected chi connectivity index (χ3v) is 3.81. The van der Waals surface area contributed by atoms with Gasteiger partial charge in [0, 0.05) is 6.42 Å². The Morgan fingerprint density at radius 3 is 2.50 bits per heavy atom. The Morgan fingerprint density at radius 1 is 1.08 bits per heavy atom. The van der Waals surface area contributed by atoms with Crippen LogP contribution in [0.3, 0.4) is 0 Å². The largest absolute Gasteiger partial charge is 0.452 e. The minimum atomic E-state index is -0.505. The number of hydrogen-bond donors (Lipinski definition) is 0. The van der Waals surface area contributed by atoms with Crippen LogP contribution in [0.1, 0.15) is 27.9 Å². The van der Waals surface area contributed by atoms with Crippen molar-refractivity contribution in [3.8, 4) is 0 Å². The molecule has 1 aliphatic rings. The maximum Gasteiger partial charge on any atom is 0.338 e. The van der Waals surface area contributed by atoms with Crippen molar-refractivity contribution >= 4 is 17.6 Å². The minimum absolute atomic E-state index is 0.307. The van der Waals surface area contributed by atoms with E-state index in [-0.39, 0.29) is 12.5 Å². The third-order valence-electron chi connectivity index (χ3n) is 3.81. The second-order valence-corrected chi connectivity index (χ2v) is 5.62. The van der Waals surface area contributed by atoms with Gasteiger partial charge in [0.05, 0.1) is 17.8 Å². The van der Waals surface area contributed by atoms with Gasteiger partial charge >= 0.3 is 5.97 Å². The highest BCUT2D eigenvalue weighted by atomic mass is 16.5. The summed E-state index contributed by atoms with van der Waals surface area (Å²) in [5, 5.41) is 5.70. The van der Waals surface area contributed by atoms with E-state index in [4.69, 9.17) is 4.74 Å². The summed E-state index contributed by atoms with van der Waals surface area (Å²) in [4.78, 5) is 24.1. The lowest BCUT2D eigenvalue weighted by Crippen LogP contribution is -2.28. The molecule has 24 heavy (non-hydrogen) atoms. The molecule has 1 heterocycles. The summed E-state index contributed by atoms with van der Waals surface area (Å²) in [5.41, 5.74) is 3.36. The number of esters is 1. The highest BCUT2D eigenvalue weighted by Gasteiger charge is 2.22. The van der Waals surface area contributed by atoms with E-state index in [0.29, 0.717) is 18.5 Å². The average Bonchev–Trinajstić information content (AvgIpc) is 3.11. The van der Waals surface area contributed by atoms with Crippen molar-refractivity contribution in [2.45, 2.75) is 13.3 Å². The summed E-state index contributed by atoms with van der Waals surface area (Å²) in [7, 11) is 0. The van der Waals surface area contributed by atoms with Gasteiger partial charge in [0.15, 0.2) is 6.61 Å². The maximum atomic E-state index is 12.2. The molecular weight excluding hydrogens is 304 g/mol. The van der Waals surface area contributed by atoms with Gasteiger partial charge in [0.25, 0.3) is 5.91 Å². The predicted octanol–water partition coefficient (Wildman–Crippen LogP) is 2.79. The highest BCUT2D eigenvalue weighted by Crippen LogP contribution is 2.14. The van der Waals surface area contributed by atoms with E-state index >= 15 is 0 Å². The number of hydrogen-bond acceptors (Lipinski definition) is 4. The fourth-order valence-electron chi connectivity index (χ4n) is 2.45. The third kappa shape index (κ3) is 3.68. The fourth-order valence-corrected chi connectivity index (χ4v) is 2.45. The van der Waals surface area contributed by atoms with E-state index in [2.05, 4.69) is 5.10 Å². The van der Waals surface area contributed by atoms with Crippen molar-refractivity contribution in [2.75, 3.05) is 13.2 Å². The minimum Gasteiger partial charge on any atom is -0.452 e. The van der Waals surface area contributed by atoms with Crippen LogP contribution in [-0.2, 0) is 9.53 Å². The van der Waals surface area contributed by atoms with Gasteiger partial charge in [-0.3, -0.25) is 4.79 Å². The average molecular weight is 322 g/mol. The number of rotatable bonds is 4. The topological polar surface area (TPSA) is 59.0 Å². The first-order chi connectivity index (χ1) is 11.6. The molecule has 0 aromatic heterocycles. The van der Waals surface area contributed by atoms with Crippen LogP contribution < -0.4 is 0 Å². The second kappa shape index (κ2) is 7.08. The summed E-state index contributed by atoms with van der Waals surface area (Å²) in [5.74, 6) is -0.823. The Hall–Kier alpha value is -2.95. The van der Waals surface area contributed by atoms with Gasteiger partial charge in [-0.05, 0) is 24.6 Å². The van der Waals surface area contributed by atoms with Crippen molar-refractivity contribution in [1.29, 1.82) is 0 Å². The molecule has 0 aliphatic carbocycles. The number of ether oxygens (including phenoxy) is 1. The van der Waals surface area contributed by atoms with Crippen LogP contribution in [0.2, 0.25) is 0 Å². The number of nitrogens with zero attached hydrogens (tertiary/aromatic N) is 2. The number of carbonyl (C=O) groups excluding carboxylic acids is 2. The fraction of sp³-hybridized carbons (Fsp3) is 0.211. The van der Waals surface area contributed by atoms with Crippen LogP contribution in [0.15, 0.2) is 59.7 Å². The molecule has 1 amide bonds. The van der Waals surface area contributed by atoms with Crippen molar-refractivity contribution in [3.63, 3.8) is 0 Å². The molecule has 5 heteroatoms. The van der Waals surface area contributed by atoms with E-state index in [1.807, 2.05) is 49.4 Å². The molecule has 0 saturated heterocycles. The second-order valence-electron chi connectivity index (χ2n) is 5.62. The highest BCUT2D eigenvalue weighted by molar-refractivity contribution is 6.02. The normalized spacial score (nSPS) is 13.5.